The highest BCUT2D eigenvalue weighted by Gasteiger charge is 2.27. The number of carbonyl (C=O) groups excluding carboxylic acids is 1. The number of amides is 1. The van der Waals surface area contributed by atoms with E-state index in [1.165, 1.54) is 16.4 Å². The van der Waals surface area contributed by atoms with Gasteiger partial charge in [-0.2, -0.15) is 4.31 Å². The van der Waals surface area contributed by atoms with Gasteiger partial charge in [0.1, 0.15) is 10.0 Å². The summed E-state index contributed by atoms with van der Waals surface area (Å²) in [6.45, 7) is 1.51. The Labute approximate surface area is 163 Å². The van der Waals surface area contributed by atoms with Gasteiger partial charge in [0.25, 0.3) is 10.0 Å². The zero-order chi connectivity index (χ0) is 19.4. The Kier molecular flexibility index (Phi) is 6.29. The van der Waals surface area contributed by atoms with Crippen molar-refractivity contribution < 1.29 is 17.6 Å². The third-order valence-electron chi connectivity index (χ3n) is 4.63. The molecule has 0 spiro atoms. The van der Waals surface area contributed by atoms with E-state index in [0.29, 0.717) is 23.8 Å². The first kappa shape index (κ1) is 20.0. The van der Waals surface area contributed by atoms with Crippen molar-refractivity contribution in [2.45, 2.75) is 36.4 Å². The minimum Gasteiger partial charge on any atom is -0.341 e. The van der Waals surface area contributed by atoms with Gasteiger partial charge in [0.2, 0.25) is 5.91 Å². The van der Waals surface area contributed by atoms with Crippen LogP contribution < -0.4 is 0 Å². The number of sulfonamides is 1. The number of rotatable bonds is 6. The molecule has 0 atom stereocenters. The van der Waals surface area contributed by atoms with Crippen LogP contribution in [0.5, 0.6) is 0 Å². The molecule has 0 unspecified atom stereocenters. The first-order valence-electron chi connectivity index (χ1n) is 8.93. The van der Waals surface area contributed by atoms with Crippen LogP contribution in [0.2, 0.25) is 0 Å². The van der Waals surface area contributed by atoms with Crippen LogP contribution in [-0.4, -0.2) is 43.7 Å². The Balaban J connectivity index is 1.62. The number of piperidine rings is 1. The first-order chi connectivity index (χ1) is 12.9. The topological polar surface area (TPSA) is 57.7 Å². The standard InChI is InChI=1S/C19H23FN2O3S2/c1-21(14-15-5-7-16(20)8-6-15)18(23)13-17-9-10-19(26-17)27(24,25)22-11-3-2-4-12-22/h5-10H,2-4,11-14H2,1H3. The zero-order valence-electron chi connectivity index (χ0n) is 15.2. The third kappa shape index (κ3) is 4.94. The molecule has 5 nitrogen and oxygen atoms in total. The molecule has 1 aliphatic heterocycles. The Hall–Kier alpha value is -1.77. The maximum absolute atomic E-state index is 13.0. The van der Waals surface area contributed by atoms with Gasteiger partial charge < -0.3 is 4.90 Å². The van der Waals surface area contributed by atoms with Crippen molar-refractivity contribution >= 4 is 27.3 Å². The maximum atomic E-state index is 13.0. The largest absolute Gasteiger partial charge is 0.341 e. The zero-order valence-corrected chi connectivity index (χ0v) is 16.9. The second-order valence-electron chi connectivity index (χ2n) is 6.74. The van der Waals surface area contributed by atoms with Gasteiger partial charge in [-0.15, -0.1) is 11.3 Å². The number of carbonyl (C=O) groups is 1. The molecule has 2 heterocycles. The molecular weight excluding hydrogens is 387 g/mol. The Bertz CT molecular complexity index is 888. The average Bonchev–Trinajstić information content (AvgIpc) is 3.13. The van der Waals surface area contributed by atoms with E-state index in [9.17, 15) is 17.6 Å². The highest BCUT2D eigenvalue weighted by molar-refractivity contribution is 7.91. The van der Waals surface area contributed by atoms with Gasteiger partial charge in [-0.05, 0) is 42.7 Å². The highest BCUT2D eigenvalue weighted by Crippen LogP contribution is 2.27. The molecule has 0 bridgehead atoms. The van der Waals surface area contributed by atoms with E-state index in [4.69, 9.17) is 0 Å². The molecule has 1 aromatic carbocycles. The van der Waals surface area contributed by atoms with E-state index in [1.807, 2.05) is 0 Å². The van der Waals surface area contributed by atoms with E-state index in [1.54, 1.807) is 36.2 Å². The minimum absolute atomic E-state index is 0.108. The number of benzene rings is 1. The second-order valence-corrected chi connectivity index (χ2v) is 10.1. The lowest BCUT2D eigenvalue weighted by molar-refractivity contribution is -0.129. The molecule has 1 saturated heterocycles. The van der Waals surface area contributed by atoms with Crippen molar-refractivity contribution in [3.8, 4) is 0 Å². The Morgan fingerprint density at radius 2 is 1.78 bits per heavy atom. The molecule has 0 aliphatic carbocycles. The van der Waals surface area contributed by atoms with Crippen molar-refractivity contribution in [3.63, 3.8) is 0 Å². The van der Waals surface area contributed by atoms with Crippen molar-refractivity contribution in [1.82, 2.24) is 9.21 Å². The Morgan fingerprint density at radius 3 is 2.44 bits per heavy atom. The van der Waals surface area contributed by atoms with Crippen LogP contribution in [0.25, 0.3) is 0 Å². The minimum atomic E-state index is -3.46. The summed E-state index contributed by atoms with van der Waals surface area (Å²) in [5, 5.41) is 0. The number of hydrogen-bond donors (Lipinski definition) is 0. The van der Waals surface area contributed by atoms with Gasteiger partial charge >= 0.3 is 0 Å². The molecule has 27 heavy (non-hydrogen) atoms. The monoisotopic (exact) mass is 410 g/mol. The van der Waals surface area contributed by atoms with Crippen molar-refractivity contribution in [1.29, 1.82) is 0 Å². The van der Waals surface area contributed by atoms with Crippen molar-refractivity contribution in [3.05, 3.63) is 52.7 Å². The smallest absolute Gasteiger partial charge is 0.252 e. The first-order valence-corrected chi connectivity index (χ1v) is 11.2. The van der Waals surface area contributed by atoms with Gasteiger partial charge in [-0.3, -0.25) is 4.79 Å². The number of thiophene rings is 1. The third-order valence-corrected chi connectivity index (χ3v) is 8.08. The quantitative estimate of drug-likeness (QED) is 0.734. The van der Waals surface area contributed by atoms with Crippen LogP contribution in [-0.2, 0) is 27.8 Å². The van der Waals surface area contributed by atoms with Crippen molar-refractivity contribution in [2.75, 3.05) is 20.1 Å². The fraction of sp³-hybridized carbons (Fsp3) is 0.421. The summed E-state index contributed by atoms with van der Waals surface area (Å²) in [5.74, 6) is -0.420. The second kappa shape index (κ2) is 8.50. The molecule has 1 fully saturated rings. The van der Waals surface area contributed by atoms with E-state index in [2.05, 4.69) is 0 Å². The summed E-state index contributed by atoms with van der Waals surface area (Å²) in [6, 6.07) is 9.33. The fourth-order valence-electron chi connectivity index (χ4n) is 3.06. The molecule has 1 amide bonds. The number of halogens is 1. The molecule has 146 valence electrons. The summed E-state index contributed by atoms with van der Waals surface area (Å²) < 4.78 is 40.2. The lowest BCUT2D eigenvalue weighted by atomic mass is 10.2. The molecular formula is C19H23FN2O3S2. The summed E-state index contributed by atoms with van der Waals surface area (Å²) in [5.41, 5.74) is 0.840. The molecule has 0 N–H and O–H groups in total. The van der Waals surface area contributed by atoms with Crippen LogP contribution >= 0.6 is 11.3 Å². The summed E-state index contributed by atoms with van der Waals surface area (Å²) in [7, 11) is -1.77. The highest BCUT2D eigenvalue weighted by atomic mass is 32.2. The summed E-state index contributed by atoms with van der Waals surface area (Å²) >= 11 is 1.16. The molecule has 2 aromatic rings. The van der Waals surface area contributed by atoms with Gasteiger partial charge in [0.15, 0.2) is 0 Å². The molecule has 0 saturated carbocycles. The van der Waals surface area contributed by atoms with Gasteiger partial charge in [0.05, 0.1) is 6.42 Å². The van der Waals surface area contributed by atoms with Crippen LogP contribution in [0.1, 0.15) is 29.7 Å². The number of hydrogen-bond acceptors (Lipinski definition) is 4. The fourth-order valence-corrected chi connectivity index (χ4v) is 6.08. The molecule has 3 rings (SSSR count). The number of nitrogens with zero attached hydrogens (tertiary/aromatic N) is 2. The van der Waals surface area contributed by atoms with E-state index >= 15 is 0 Å². The van der Waals surface area contributed by atoms with E-state index in [-0.39, 0.29) is 18.1 Å². The average molecular weight is 411 g/mol. The van der Waals surface area contributed by atoms with Crippen molar-refractivity contribution in [2.24, 2.45) is 0 Å². The predicted molar refractivity (Wildman–Crippen MR) is 104 cm³/mol. The molecule has 8 heteroatoms. The summed E-state index contributed by atoms with van der Waals surface area (Å²) in [4.78, 5) is 14.7. The maximum Gasteiger partial charge on any atom is 0.252 e. The Morgan fingerprint density at radius 1 is 1.11 bits per heavy atom. The molecule has 0 radical (unpaired) electrons. The van der Waals surface area contributed by atoms with Gasteiger partial charge in [-0.1, -0.05) is 18.6 Å². The van der Waals surface area contributed by atoms with E-state index < -0.39 is 10.0 Å². The SMILES string of the molecule is CN(Cc1ccc(F)cc1)C(=O)Cc1ccc(S(=O)(=O)N2CCCCC2)s1. The summed E-state index contributed by atoms with van der Waals surface area (Å²) in [6.07, 6.45) is 3.00. The number of likely N-dealkylation sites (N-methyl/N-ethyl adjacent to an activating group) is 1. The van der Waals surface area contributed by atoms with Crippen LogP contribution in [0.4, 0.5) is 4.39 Å². The predicted octanol–water partition coefficient (Wildman–Crippen LogP) is 3.26. The normalized spacial score (nSPS) is 15.6. The molecule has 1 aliphatic rings. The van der Waals surface area contributed by atoms with Gasteiger partial charge in [0, 0.05) is 31.6 Å². The van der Waals surface area contributed by atoms with Crippen LogP contribution in [0.3, 0.4) is 0 Å². The lowest BCUT2D eigenvalue weighted by Crippen LogP contribution is -2.35. The lowest BCUT2D eigenvalue weighted by Gasteiger charge is -2.25. The molecule has 1 aromatic heterocycles. The van der Waals surface area contributed by atoms with E-state index in [0.717, 1.165) is 41.0 Å². The van der Waals surface area contributed by atoms with Gasteiger partial charge in [-0.25, -0.2) is 12.8 Å². The van der Waals surface area contributed by atoms with Crippen LogP contribution in [0.15, 0.2) is 40.6 Å². The van der Waals surface area contributed by atoms with Crippen LogP contribution in [0, 0.1) is 5.82 Å².